The molecule has 0 unspecified atom stereocenters. The van der Waals surface area contributed by atoms with Gasteiger partial charge in [0.2, 0.25) is 11.8 Å². The smallest absolute Gasteiger partial charge is 0.408 e. The van der Waals surface area contributed by atoms with Crippen LogP contribution in [0, 0.1) is 0 Å². The monoisotopic (exact) mass is 301 g/mol. The van der Waals surface area contributed by atoms with Crippen molar-refractivity contribution < 1.29 is 19.1 Å². The number of carbonyl (C=O) groups is 3. The molecule has 7 heteroatoms. The van der Waals surface area contributed by atoms with E-state index in [0.29, 0.717) is 0 Å². The highest BCUT2D eigenvalue weighted by molar-refractivity contribution is 5.86. The third-order valence-corrected chi connectivity index (χ3v) is 2.58. The van der Waals surface area contributed by atoms with Gasteiger partial charge in [0.1, 0.15) is 11.6 Å². The first-order valence-corrected chi connectivity index (χ1v) is 6.85. The van der Waals surface area contributed by atoms with E-state index in [4.69, 9.17) is 4.74 Å². The van der Waals surface area contributed by atoms with Crippen LogP contribution in [0.15, 0.2) is 0 Å². The lowest BCUT2D eigenvalue weighted by Crippen LogP contribution is -2.48. The Morgan fingerprint density at radius 2 is 1.57 bits per heavy atom. The van der Waals surface area contributed by atoms with Gasteiger partial charge in [-0.05, 0) is 27.2 Å². The third kappa shape index (κ3) is 8.16. The van der Waals surface area contributed by atoms with Gasteiger partial charge in [-0.1, -0.05) is 0 Å². The lowest BCUT2D eigenvalue weighted by molar-refractivity contribution is -0.132. The molecule has 0 saturated heterocycles. The molecular weight excluding hydrogens is 274 g/mol. The highest BCUT2D eigenvalue weighted by Crippen LogP contribution is 2.09. The normalized spacial score (nSPS) is 12.3. The van der Waals surface area contributed by atoms with Crippen LogP contribution in [-0.4, -0.2) is 67.5 Å². The number of hydrogen-bond acceptors (Lipinski definition) is 4. The van der Waals surface area contributed by atoms with E-state index in [1.54, 1.807) is 49.0 Å². The van der Waals surface area contributed by atoms with Crippen molar-refractivity contribution >= 4 is 17.9 Å². The maximum Gasteiger partial charge on any atom is 0.408 e. The van der Waals surface area contributed by atoms with Crippen LogP contribution in [0.1, 0.15) is 33.6 Å². The second kappa shape index (κ2) is 7.85. The summed E-state index contributed by atoms with van der Waals surface area (Å²) in [6.45, 7) is 5.22. The van der Waals surface area contributed by atoms with Gasteiger partial charge >= 0.3 is 6.09 Å². The van der Waals surface area contributed by atoms with E-state index in [-0.39, 0.29) is 24.7 Å². The lowest BCUT2D eigenvalue weighted by Gasteiger charge is -2.25. The minimum absolute atomic E-state index is 0.0995. The zero-order valence-electron chi connectivity index (χ0n) is 14.0. The van der Waals surface area contributed by atoms with Crippen LogP contribution in [0.5, 0.6) is 0 Å². The molecule has 7 nitrogen and oxygen atoms in total. The van der Waals surface area contributed by atoms with E-state index in [1.807, 2.05) is 0 Å². The summed E-state index contributed by atoms with van der Waals surface area (Å²) in [6, 6.07) is -0.779. The van der Waals surface area contributed by atoms with Crippen LogP contribution in [0.2, 0.25) is 0 Å². The summed E-state index contributed by atoms with van der Waals surface area (Å²) in [5.41, 5.74) is -0.644. The van der Waals surface area contributed by atoms with Gasteiger partial charge in [-0.15, -0.1) is 0 Å². The fourth-order valence-electron chi connectivity index (χ4n) is 1.51. The van der Waals surface area contributed by atoms with E-state index in [1.165, 1.54) is 9.80 Å². The average Bonchev–Trinajstić information content (AvgIpc) is 2.30. The summed E-state index contributed by atoms with van der Waals surface area (Å²) >= 11 is 0. The van der Waals surface area contributed by atoms with Crippen LogP contribution >= 0.6 is 0 Å². The molecule has 0 heterocycles. The number of rotatable bonds is 5. The molecule has 0 aliphatic heterocycles. The van der Waals surface area contributed by atoms with Gasteiger partial charge in [-0.2, -0.15) is 0 Å². The first kappa shape index (κ1) is 19.2. The van der Waals surface area contributed by atoms with Gasteiger partial charge in [0.15, 0.2) is 0 Å². The first-order chi connectivity index (χ1) is 9.44. The van der Waals surface area contributed by atoms with Crippen molar-refractivity contribution in [1.29, 1.82) is 0 Å². The Bertz CT molecular complexity index is 386. The molecule has 0 aromatic rings. The third-order valence-electron chi connectivity index (χ3n) is 2.58. The van der Waals surface area contributed by atoms with Crippen molar-refractivity contribution in [2.24, 2.45) is 0 Å². The Morgan fingerprint density at radius 1 is 1.05 bits per heavy atom. The van der Waals surface area contributed by atoms with Crippen molar-refractivity contribution in [2.75, 3.05) is 28.2 Å². The fraction of sp³-hybridized carbons (Fsp3) is 0.786. The van der Waals surface area contributed by atoms with E-state index < -0.39 is 17.7 Å². The van der Waals surface area contributed by atoms with Crippen molar-refractivity contribution in [3.8, 4) is 0 Å². The van der Waals surface area contributed by atoms with Crippen molar-refractivity contribution in [3.05, 3.63) is 0 Å². The SMILES string of the molecule is CN(C)C(=O)CC[C@H](NC(=O)OC(C)(C)C)C(=O)N(C)C. The van der Waals surface area contributed by atoms with Crippen LogP contribution in [-0.2, 0) is 14.3 Å². The van der Waals surface area contributed by atoms with E-state index in [2.05, 4.69) is 5.32 Å². The maximum atomic E-state index is 12.1. The first-order valence-electron chi connectivity index (χ1n) is 6.85. The van der Waals surface area contributed by atoms with Gasteiger partial charge in [0.25, 0.3) is 0 Å². The van der Waals surface area contributed by atoms with E-state index in [9.17, 15) is 14.4 Å². The summed E-state index contributed by atoms with van der Waals surface area (Å²) in [5.74, 6) is -0.370. The molecule has 21 heavy (non-hydrogen) atoms. The Labute approximate surface area is 126 Å². The average molecular weight is 301 g/mol. The topological polar surface area (TPSA) is 79.0 Å². The summed E-state index contributed by atoms with van der Waals surface area (Å²) in [6.07, 6.45) is -0.264. The minimum Gasteiger partial charge on any atom is -0.444 e. The molecule has 0 fully saturated rings. The van der Waals surface area contributed by atoms with E-state index >= 15 is 0 Å². The zero-order chi connectivity index (χ0) is 16.8. The van der Waals surface area contributed by atoms with Crippen molar-refractivity contribution in [2.45, 2.75) is 45.3 Å². The van der Waals surface area contributed by atoms with Gasteiger partial charge in [0.05, 0.1) is 0 Å². The standard InChI is InChI=1S/C14H27N3O4/c1-14(2,3)21-13(20)15-10(12(19)17(6)7)8-9-11(18)16(4)5/h10H,8-9H2,1-7H3,(H,15,20)/t10-/m0/s1. The van der Waals surface area contributed by atoms with Gasteiger partial charge in [0, 0.05) is 34.6 Å². The largest absolute Gasteiger partial charge is 0.444 e. The van der Waals surface area contributed by atoms with Crippen LogP contribution < -0.4 is 5.32 Å². The Balaban J connectivity index is 4.72. The second-order valence-corrected chi connectivity index (χ2v) is 6.26. The molecular formula is C14H27N3O4. The van der Waals surface area contributed by atoms with Crippen LogP contribution in [0.4, 0.5) is 4.79 Å². The number of nitrogens with one attached hydrogen (secondary N) is 1. The molecule has 0 rings (SSSR count). The molecule has 0 spiro atoms. The molecule has 0 aliphatic rings. The minimum atomic E-state index is -0.779. The quantitative estimate of drug-likeness (QED) is 0.816. The molecule has 1 atom stereocenters. The summed E-state index contributed by atoms with van der Waals surface area (Å²) in [7, 11) is 6.48. The maximum absolute atomic E-state index is 12.1. The number of amides is 3. The van der Waals surface area contributed by atoms with Gasteiger partial charge in [-0.3, -0.25) is 9.59 Å². The molecule has 3 amide bonds. The number of carbonyl (C=O) groups excluding carboxylic acids is 3. The number of nitrogens with zero attached hydrogens (tertiary/aromatic N) is 2. The molecule has 1 N–H and O–H groups in total. The molecule has 0 saturated carbocycles. The van der Waals surface area contributed by atoms with Crippen LogP contribution in [0.3, 0.4) is 0 Å². The van der Waals surface area contributed by atoms with Gasteiger partial charge < -0.3 is 19.9 Å². The summed E-state index contributed by atoms with van der Waals surface area (Å²) in [5, 5.41) is 2.53. The molecule has 0 aromatic heterocycles. The Morgan fingerprint density at radius 3 is 1.95 bits per heavy atom. The van der Waals surface area contributed by atoms with Crippen molar-refractivity contribution in [1.82, 2.24) is 15.1 Å². The molecule has 122 valence electrons. The molecule has 0 bridgehead atoms. The fourth-order valence-corrected chi connectivity index (χ4v) is 1.51. The molecule has 0 radical (unpaired) electrons. The summed E-state index contributed by atoms with van der Waals surface area (Å²) < 4.78 is 5.14. The van der Waals surface area contributed by atoms with Gasteiger partial charge in [-0.25, -0.2) is 4.79 Å². The predicted molar refractivity (Wildman–Crippen MR) is 79.8 cm³/mol. The second-order valence-electron chi connectivity index (χ2n) is 6.26. The zero-order valence-corrected chi connectivity index (χ0v) is 14.0. The highest BCUT2D eigenvalue weighted by atomic mass is 16.6. The predicted octanol–water partition coefficient (Wildman–Crippen LogP) is 0.836. The Hall–Kier alpha value is -1.79. The van der Waals surface area contributed by atoms with Crippen LogP contribution in [0.25, 0.3) is 0 Å². The van der Waals surface area contributed by atoms with Crippen molar-refractivity contribution in [3.63, 3.8) is 0 Å². The Kier molecular flexibility index (Phi) is 7.18. The molecule has 0 aliphatic carbocycles. The number of likely N-dealkylation sites (N-methyl/N-ethyl adjacent to an activating group) is 1. The van der Waals surface area contributed by atoms with E-state index in [0.717, 1.165) is 0 Å². The number of ether oxygens (including phenoxy) is 1. The highest BCUT2D eigenvalue weighted by Gasteiger charge is 2.26. The lowest BCUT2D eigenvalue weighted by atomic mass is 10.1. The number of hydrogen-bond donors (Lipinski definition) is 1. The summed E-state index contributed by atoms with van der Waals surface area (Å²) in [4.78, 5) is 38.3. The molecule has 0 aromatic carbocycles. The number of alkyl carbamates (subject to hydrolysis) is 1.